The highest BCUT2D eigenvalue weighted by atomic mass is 16.5. The zero-order chi connectivity index (χ0) is 12.6. The number of hydrogen-bond donors (Lipinski definition) is 2. The molecule has 1 unspecified atom stereocenters. The lowest BCUT2D eigenvalue weighted by molar-refractivity contribution is -0.0776. The molecule has 1 saturated heterocycles. The van der Waals surface area contributed by atoms with Gasteiger partial charge in [-0.25, -0.2) is 0 Å². The van der Waals surface area contributed by atoms with Gasteiger partial charge in [0.25, 0.3) is 0 Å². The van der Waals surface area contributed by atoms with E-state index in [1.54, 1.807) is 0 Å². The van der Waals surface area contributed by atoms with Crippen LogP contribution in [0.4, 0.5) is 0 Å². The van der Waals surface area contributed by atoms with Crippen molar-refractivity contribution in [1.29, 1.82) is 0 Å². The molecule has 5 nitrogen and oxygen atoms in total. The normalized spacial score (nSPS) is 28.6. The van der Waals surface area contributed by atoms with Crippen molar-refractivity contribution in [3.63, 3.8) is 0 Å². The highest BCUT2D eigenvalue weighted by Gasteiger charge is 2.47. The molecule has 3 N–H and O–H groups in total. The molecule has 1 aliphatic rings. The van der Waals surface area contributed by atoms with Gasteiger partial charge in [0.1, 0.15) is 0 Å². The van der Waals surface area contributed by atoms with Gasteiger partial charge in [0.15, 0.2) is 5.84 Å². The van der Waals surface area contributed by atoms with Crippen LogP contribution < -0.4 is 5.73 Å². The van der Waals surface area contributed by atoms with Crippen molar-refractivity contribution < 1.29 is 9.94 Å². The Morgan fingerprint density at radius 1 is 1.50 bits per heavy atom. The lowest BCUT2D eigenvalue weighted by Gasteiger charge is -2.33. The summed E-state index contributed by atoms with van der Waals surface area (Å²) >= 11 is 0. The van der Waals surface area contributed by atoms with Crippen LogP contribution in [0, 0.1) is 0 Å². The lowest BCUT2D eigenvalue weighted by Crippen LogP contribution is -2.47. The second-order valence-corrected chi connectivity index (χ2v) is 5.69. The number of nitrogens with zero attached hydrogens (tertiary/aromatic N) is 2. The van der Waals surface area contributed by atoms with Crippen molar-refractivity contribution in [3.8, 4) is 0 Å². The molecule has 0 bridgehead atoms. The van der Waals surface area contributed by atoms with Crippen LogP contribution in [0.5, 0.6) is 0 Å². The van der Waals surface area contributed by atoms with Crippen molar-refractivity contribution in [2.24, 2.45) is 10.9 Å². The van der Waals surface area contributed by atoms with E-state index in [0.29, 0.717) is 6.54 Å². The standard InChI is InChI=1S/C11H23N3O2/c1-10(2)6-8(11(3,4)16-10)14(5)7-9(12)13-15/h8,15H,6-7H2,1-5H3,(H2,12,13). The Hall–Kier alpha value is -0.810. The van der Waals surface area contributed by atoms with Crippen LogP contribution in [0.2, 0.25) is 0 Å². The van der Waals surface area contributed by atoms with E-state index in [1.165, 1.54) is 0 Å². The van der Waals surface area contributed by atoms with Crippen molar-refractivity contribution in [2.75, 3.05) is 13.6 Å². The number of likely N-dealkylation sites (N-methyl/N-ethyl adjacent to an activating group) is 1. The maximum atomic E-state index is 8.56. The third-order valence-corrected chi connectivity index (χ3v) is 3.10. The summed E-state index contributed by atoms with van der Waals surface area (Å²) in [6.07, 6.45) is 0.940. The molecule has 1 aliphatic heterocycles. The summed E-state index contributed by atoms with van der Waals surface area (Å²) in [5, 5.41) is 11.6. The molecule has 1 rings (SSSR count). The van der Waals surface area contributed by atoms with Crippen LogP contribution in [-0.2, 0) is 4.74 Å². The van der Waals surface area contributed by atoms with Gasteiger partial charge in [0, 0.05) is 6.04 Å². The fourth-order valence-electron chi connectivity index (χ4n) is 2.62. The fraction of sp³-hybridized carbons (Fsp3) is 0.909. The molecule has 1 heterocycles. The predicted molar refractivity (Wildman–Crippen MR) is 63.7 cm³/mol. The highest BCUT2D eigenvalue weighted by Crippen LogP contribution is 2.39. The average Bonchev–Trinajstić information content (AvgIpc) is 2.34. The summed E-state index contributed by atoms with van der Waals surface area (Å²) in [6, 6.07) is 0.266. The zero-order valence-corrected chi connectivity index (χ0v) is 10.8. The second kappa shape index (κ2) is 4.22. The van der Waals surface area contributed by atoms with E-state index in [4.69, 9.17) is 15.7 Å². The molecule has 0 aromatic carbocycles. The van der Waals surface area contributed by atoms with Crippen LogP contribution in [0.15, 0.2) is 5.16 Å². The van der Waals surface area contributed by atoms with E-state index in [1.807, 2.05) is 7.05 Å². The fourth-order valence-corrected chi connectivity index (χ4v) is 2.62. The molecule has 0 aromatic heterocycles. The Morgan fingerprint density at radius 2 is 2.06 bits per heavy atom. The third-order valence-electron chi connectivity index (χ3n) is 3.10. The van der Waals surface area contributed by atoms with Crippen molar-refractivity contribution in [3.05, 3.63) is 0 Å². The minimum Gasteiger partial charge on any atom is -0.409 e. The van der Waals surface area contributed by atoms with Gasteiger partial charge in [-0.3, -0.25) is 4.90 Å². The molecule has 0 saturated carbocycles. The van der Waals surface area contributed by atoms with Gasteiger partial charge in [0.05, 0.1) is 17.7 Å². The van der Waals surface area contributed by atoms with Gasteiger partial charge in [-0.1, -0.05) is 5.16 Å². The first-order valence-electron chi connectivity index (χ1n) is 5.55. The Morgan fingerprint density at radius 3 is 2.44 bits per heavy atom. The topological polar surface area (TPSA) is 71.1 Å². The monoisotopic (exact) mass is 229 g/mol. The van der Waals surface area contributed by atoms with E-state index in [-0.39, 0.29) is 23.1 Å². The summed E-state index contributed by atoms with van der Waals surface area (Å²) in [5.74, 6) is 0.225. The van der Waals surface area contributed by atoms with Crippen LogP contribution >= 0.6 is 0 Å². The maximum absolute atomic E-state index is 8.56. The summed E-state index contributed by atoms with van der Waals surface area (Å²) in [4.78, 5) is 2.07. The molecule has 1 fully saturated rings. The summed E-state index contributed by atoms with van der Waals surface area (Å²) in [7, 11) is 1.97. The highest BCUT2D eigenvalue weighted by molar-refractivity contribution is 5.81. The molecule has 0 spiro atoms. The van der Waals surface area contributed by atoms with Gasteiger partial charge in [-0.15, -0.1) is 0 Å². The van der Waals surface area contributed by atoms with Gasteiger partial charge in [-0.2, -0.15) is 0 Å². The molecule has 5 heteroatoms. The largest absolute Gasteiger partial charge is 0.409 e. The smallest absolute Gasteiger partial charge is 0.153 e. The quantitative estimate of drug-likeness (QED) is 0.328. The number of hydrogen-bond acceptors (Lipinski definition) is 4. The number of oxime groups is 1. The second-order valence-electron chi connectivity index (χ2n) is 5.69. The Labute approximate surface area is 97.2 Å². The first-order valence-corrected chi connectivity index (χ1v) is 5.55. The number of ether oxygens (including phenoxy) is 1. The SMILES string of the molecule is CN(CC(N)=NO)C1CC(C)(C)OC1(C)C. The van der Waals surface area contributed by atoms with Crippen LogP contribution in [0.1, 0.15) is 34.1 Å². The molecule has 0 radical (unpaired) electrons. The predicted octanol–water partition coefficient (Wildman–Crippen LogP) is 1.01. The molecule has 94 valence electrons. The van der Waals surface area contributed by atoms with Gasteiger partial charge >= 0.3 is 0 Å². The Kier molecular flexibility index (Phi) is 3.50. The number of nitrogens with two attached hydrogens (primary N) is 1. The van der Waals surface area contributed by atoms with E-state index in [0.717, 1.165) is 6.42 Å². The molecular formula is C11H23N3O2. The van der Waals surface area contributed by atoms with Crippen molar-refractivity contribution in [1.82, 2.24) is 4.90 Å². The van der Waals surface area contributed by atoms with E-state index < -0.39 is 0 Å². The number of rotatable bonds is 3. The molecule has 16 heavy (non-hydrogen) atoms. The summed E-state index contributed by atoms with van der Waals surface area (Å²) in [5.41, 5.74) is 5.18. The zero-order valence-electron chi connectivity index (χ0n) is 10.8. The molecule has 0 aliphatic carbocycles. The van der Waals surface area contributed by atoms with Crippen LogP contribution in [0.3, 0.4) is 0 Å². The van der Waals surface area contributed by atoms with Gasteiger partial charge in [-0.05, 0) is 41.2 Å². The van der Waals surface area contributed by atoms with E-state index in [9.17, 15) is 0 Å². The summed E-state index contributed by atoms with van der Waals surface area (Å²) in [6.45, 7) is 8.78. The minimum absolute atomic E-state index is 0.118. The van der Waals surface area contributed by atoms with E-state index in [2.05, 4.69) is 37.8 Å². The molecule has 1 atom stereocenters. The van der Waals surface area contributed by atoms with Crippen LogP contribution in [-0.4, -0.2) is 46.8 Å². The van der Waals surface area contributed by atoms with Gasteiger partial charge in [0.2, 0.25) is 0 Å². The van der Waals surface area contributed by atoms with Gasteiger partial charge < -0.3 is 15.7 Å². The minimum atomic E-state index is -0.214. The van der Waals surface area contributed by atoms with Crippen molar-refractivity contribution >= 4 is 5.84 Å². The molecular weight excluding hydrogens is 206 g/mol. The first kappa shape index (κ1) is 13.3. The van der Waals surface area contributed by atoms with Crippen molar-refractivity contribution in [2.45, 2.75) is 51.4 Å². The molecule has 0 aromatic rings. The lowest BCUT2D eigenvalue weighted by atomic mass is 9.93. The molecule has 0 amide bonds. The Bertz CT molecular complexity index is 287. The van der Waals surface area contributed by atoms with Crippen LogP contribution in [0.25, 0.3) is 0 Å². The third kappa shape index (κ3) is 2.86. The van der Waals surface area contributed by atoms with E-state index >= 15 is 0 Å². The Balaban J connectivity index is 2.73. The average molecular weight is 229 g/mol. The first-order chi connectivity index (χ1) is 7.18. The number of amidine groups is 1. The maximum Gasteiger partial charge on any atom is 0.153 e. The summed E-state index contributed by atoms with van der Waals surface area (Å²) < 4.78 is 6.00.